The van der Waals surface area contributed by atoms with Crippen molar-refractivity contribution in [3.05, 3.63) is 23.8 Å². The molecule has 0 saturated carbocycles. The number of alkyl carbamates (subject to hydrolysis) is 1. The van der Waals surface area contributed by atoms with Gasteiger partial charge in [0.1, 0.15) is 23.5 Å². The van der Waals surface area contributed by atoms with Crippen LogP contribution in [0.3, 0.4) is 0 Å². The minimum Gasteiger partial charge on any atom is -0.486 e. The molecule has 1 atom stereocenters. The van der Waals surface area contributed by atoms with E-state index in [4.69, 9.17) is 9.47 Å². The molecule has 1 aromatic carbocycles. The van der Waals surface area contributed by atoms with Gasteiger partial charge in [0.15, 0.2) is 11.6 Å². The maximum absolute atomic E-state index is 13.9. The third-order valence-electron chi connectivity index (χ3n) is 3.53. The number of ether oxygens (including phenoxy) is 2. The van der Waals surface area contributed by atoms with Gasteiger partial charge in [-0.25, -0.2) is 14.2 Å². The lowest BCUT2D eigenvalue weighted by atomic mass is 10.2. The number of carbonyl (C=O) groups excluding carboxylic acids is 1. The van der Waals surface area contributed by atoms with Gasteiger partial charge in [-0.05, 0) is 39.8 Å². The number of benzene rings is 1. The fourth-order valence-corrected chi connectivity index (χ4v) is 2.67. The first-order chi connectivity index (χ1) is 10.8. The molecular formula is C16H20FN3O3. The van der Waals surface area contributed by atoms with E-state index in [1.54, 1.807) is 26.8 Å². The molecule has 2 aromatic rings. The third-order valence-corrected chi connectivity index (χ3v) is 3.53. The normalized spacial score (nSPS) is 15.2. The summed E-state index contributed by atoms with van der Waals surface area (Å²) < 4.78 is 26.5. The summed E-state index contributed by atoms with van der Waals surface area (Å²) in [6.07, 6.45) is -0.511. The molecule has 1 aliphatic heterocycles. The lowest BCUT2D eigenvalue weighted by Crippen LogP contribution is -2.35. The zero-order valence-corrected chi connectivity index (χ0v) is 13.6. The number of amides is 1. The molecular weight excluding hydrogens is 301 g/mol. The Kier molecular flexibility index (Phi) is 3.66. The topological polar surface area (TPSA) is 65.4 Å². The lowest BCUT2D eigenvalue weighted by Gasteiger charge is -2.23. The van der Waals surface area contributed by atoms with Crippen LogP contribution in [0.5, 0.6) is 5.75 Å². The summed E-state index contributed by atoms with van der Waals surface area (Å²) in [5.74, 6) is 0.468. The van der Waals surface area contributed by atoms with Crippen molar-refractivity contribution in [2.24, 2.45) is 0 Å². The fourth-order valence-electron chi connectivity index (χ4n) is 2.67. The number of rotatable bonds is 2. The molecule has 2 heterocycles. The van der Waals surface area contributed by atoms with Crippen molar-refractivity contribution >= 4 is 17.1 Å². The van der Waals surface area contributed by atoms with E-state index in [9.17, 15) is 9.18 Å². The van der Waals surface area contributed by atoms with E-state index < -0.39 is 17.5 Å². The summed E-state index contributed by atoms with van der Waals surface area (Å²) in [5.41, 5.74) is 0.706. The first-order valence-electron chi connectivity index (χ1n) is 7.57. The number of aromatic nitrogens is 2. The minimum atomic E-state index is -0.570. The predicted molar refractivity (Wildman–Crippen MR) is 83.0 cm³/mol. The van der Waals surface area contributed by atoms with E-state index in [1.165, 1.54) is 6.07 Å². The zero-order valence-electron chi connectivity index (χ0n) is 13.6. The van der Waals surface area contributed by atoms with Gasteiger partial charge in [0.2, 0.25) is 0 Å². The summed E-state index contributed by atoms with van der Waals surface area (Å²) >= 11 is 0. The smallest absolute Gasteiger partial charge is 0.408 e. The highest BCUT2D eigenvalue weighted by molar-refractivity contribution is 5.83. The molecule has 3 rings (SSSR count). The van der Waals surface area contributed by atoms with Crippen molar-refractivity contribution in [2.45, 2.75) is 45.9 Å². The molecule has 0 spiro atoms. The van der Waals surface area contributed by atoms with Gasteiger partial charge in [-0.3, -0.25) is 0 Å². The van der Waals surface area contributed by atoms with Gasteiger partial charge in [-0.1, -0.05) is 0 Å². The highest BCUT2D eigenvalue weighted by Gasteiger charge is 2.26. The van der Waals surface area contributed by atoms with Crippen LogP contribution in [-0.4, -0.2) is 27.9 Å². The van der Waals surface area contributed by atoms with Crippen molar-refractivity contribution in [2.75, 3.05) is 6.61 Å². The molecule has 0 radical (unpaired) electrons. The molecule has 0 unspecified atom stereocenters. The Morgan fingerprint density at radius 1 is 1.48 bits per heavy atom. The molecule has 1 aromatic heterocycles. The molecule has 1 N–H and O–H groups in total. The van der Waals surface area contributed by atoms with Gasteiger partial charge in [0.25, 0.3) is 0 Å². The van der Waals surface area contributed by atoms with Crippen LogP contribution in [0.25, 0.3) is 11.0 Å². The second-order valence-electron chi connectivity index (χ2n) is 6.58. The largest absolute Gasteiger partial charge is 0.486 e. The molecule has 0 bridgehead atoms. The zero-order chi connectivity index (χ0) is 16.8. The van der Waals surface area contributed by atoms with Crippen LogP contribution in [0.15, 0.2) is 12.1 Å². The van der Waals surface area contributed by atoms with E-state index in [-0.39, 0.29) is 11.8 Å². The number of nitrogens with zero attached hydrogens (tertiary/aromatic N) is 2. The van der Waals surface area contributed by atoms with Crippen molar-refractivity contribution in [3.8, 4) is 5.75 Å². The number of halogens is 1. The Balaban J connectivity index is 1.92. The first-order valence-corrected chi connectivity index (χ1v) is 7.57. The average Bonchev–Trinajstić information content (AvgIpc) is 2.81. The average molecular weight is 321 g/mol. The second-order valence-corrected chi connectivity index (χ2v) is 6.58. The molecule has 0 fully saturated rings. The van der Waals surface area contributed by atoms with Gasteiger partial charge in [-0.15, -0.1) is 0 Å². The van der Waals surface area contributed by atoms with Gasteiger partial charge in [0.05, 0.1) is 18.1 Å². The van der Waals surface area contributed by atoms with Crippen LogP contribution in [0.2, 0.25) is 0 Å². The Hall–Kier alpha value is -2.31. The molecule has 23 heavy (non-hydrogen) atoms. The van der Waals surface area contributed by atoms with Crippen molar-refractivity contribution in [3.63, 3.8) is 0 Å². The molecule has 1 amide bonds. The van der Waals surface area contributed by atoms with E-state index in [2.05, 4.69) is 10.3 Å². The van der Waals surface area contributed by atoms with E-state index in [0.717, 1.165) is 0 Å². The fraction of sp³-hybridized carbons (Fsp3) is 0.500. The molecule has 0 aliphatic carbocycles. The van der Waals surface area contributed by atoms with Gasteiger partial charge >= 0.3 is 6.09 Å². The van der Waals surface area contributed by atoms with Gasteiger partial charge in [-0.2, -0.15) is 0 Å². The summed E-state index contributed by atoms with van der Waals surface area (Å²) in [4.78, 5) is 16.5. The number of imidazole rings is 1. The van der Waals surface area contributed by atoms with Crippen molar-refractivity contribution < 1.29 is 18.7 Å². The monoisotopic (exact) mass is 321 g/mol. The maximum Gasteiger partial charge on any atom is 0.408 e. The van der Waals surface area contributed by atoms with E-state index >= 15 is 0 Å². The number of carbonyl (C=O) groups is 1. The lowest BCUT2D eigenvalue weighted by molar-refractivity contribution is 0.0505. The van der Waals surface area contributed by atoms with Gasteiger partial charge in [0, 0.05) is 0 Å². The van der Waals surface area contributed by atoms with Crippen LogP contribution < -0.4 is 10.1 Å². The van der Waals surface area contributed by atoms with Crippen LogP contribution in [-0.2, 0) is 11.3 Å². The maximum atomic E-state index is 13.9. The van der Waals surface area contributed by atoms with Crippen LogP contribution >= 0.6 is 0 Å². The van der Waals surface area contributed by atoms with Gasteiger partial charge < -0.3 is 19.4 Å². The molecule has 6 nitrogen and oxygen atoms in total. The SMILES string of the molecule is C[C@H](NC(=O)OC(C)(C)C)c1nc2ccc(F)c3c2n1CCO3. The first kappa shape index (κ1) is 15.6. The standard InChI is InChI=1S/C16H20FN3O3/c1-9(18-15(21)23-16(2,3)4)14-19-11-6-5-10(17)13-12(11)20(14)7-8-22-13/h5-6,9H,7-8H2,1-4H3,(H,18,21)/t9-/m0/s1. The Labute approximate surface area is 133 Å². The Morgan fingerprint density at radius 3 is 2.91 bits per heavy atom. The predicted octanol–water partition coefficient (Wildman–Crippen LogP) is 3.15. The number of hydrogen-bond acceptors (Lipinski definition) is 4. The van der Waals surface area contributed by atoms with E-state index in [1.807, 2.05) is 11.5 Å². The third kappa shape index (κ3) is 2.95. The quantitative estimate of drug-likeness (QED) is 0.923. The molecule has 1 aliphatic rings. The molecule has 0 saturated heterocycles. The summed E-state index contributed by atoms with van der Waals surface area (Å²) in [6, 6.07) is 2.59. The highest BCUT2D eigenvalue weighted by Crippen LogP contribution is 2.33. The molecule has 124 valence electrons. The van der Waals surface area contributed by atoms with Crippen LogP contribution in [0.4, 0.5) is 9.18 Å². The Bertz CT molecular complexity index is 764. The summed E-state index contributed by atoms with van der Waals surface area (Å²) in [5, 5.41) is 2.77. The summed E-state index contributed by atoms with van der Waals surface area (Å²) in [7, 11) is 0. The van der Waals surface area contributed by atoms with Crippen molar-refractivity contribution in [1.82, 2.24) is 14.9 Å². The van der Waals surface area contributed by atoms with E-state index in [0.29, 0.717) is 30.0 Å². The minimum absolute atomic E-state index is 0.219. The second kappa shape index (κ2) is 5.40. The van der Waals surface area contributed by atoms with Crippen molar-refractivity contribution in [1.29, 1.82) is 0 Å². The number of hydrogen-bond donors (Lipinski definition) is 1. The number of nitrogens with one attached hydrogen (secondary N) is 1. The highest BCUT2D eigenvalue weighted by atomic mass is 19.1. The molecule has 7 heteroatoms. The van der Waals surface area contributed by atoms with Crippen LogP contribution in [0, 0.1) is 5.82 Å². The van der Waals surface area contributed by atoms with Crippen LogP contribution in [0.1, 0.15) is 39.6 Å². The Morgan fingerprint density at radius 2 is 2.22 bits per heavy atom. The summed E-state index contributed by atoms with van der Waals surface area (Å²) in [6.45, 7) is 8.15.